The first-order valence-corrected chi connectivity index (χ1v) is 7.07. The number of fused-ring (bicyclic) bond motifs is 1. The van der Waals surface area contributed by atoms with Crippen molar-refractivity contribution < 1.29 is 18.4 Å². The Morgan fingerprint density at radius 1 is 1.39 bits per heavy atom. The Kier molecular flexibility index (Phi) is 3.83. The lowest BCUT2D eigenvalue weighted by atomic mass is 10.1. The number of amides is 1. The number of furan rings is 1. The zero-order chi connectivity index (χ0) is 16.6. The molecule has 0 saturated heterocycles. The molecule has 3 rings (SSSR count). The molecule has 0 spiro atoms. The van der Waals surface area contributed by atoms with Crippen molar-refractivity contribution in [1.82, 2.24) is 0 Å². The quantitative estimate of drug-likeness (QED) is 0.792. The molecule has 0 saturated carbocycles. The van der Waals surface area contributed by atoms with Crippen LogP contribution in [0, 0.1) is 6.92 Å². The van der Waals surface area contributed by atoms with E-state index in [9.17, 15) is 9.59 Å². The van der Waals surface area contributed by atoms with Crippen molar-refractivity contribution in [2.24, 2.45) is 5.73 Å². The fourth-order valence-electron chi connectivity index (χ4n) is 2.14. The van der Waals surface area contributed by atoms with E-state index in [0.717, 1.165) is 5.56 Å². The van der Waals surface area contributed by atoms with Gasteiger partial charge in [-0.05, 0) is 36.8 Å². The van der Waals surface area contributed by atoms with Gasteiger partial charge in [0.15, 0.2) is 12.4 Å². The summed E-state index contributed by atoms with van der Waals surface area (Å²) < 4.78 is 16.3. The highest BCUT2D eigenvalue weighted by atomic mass is 35.5. The number of ether oxygens (including phenoxy) is 1. The molecule has 0 aliphatic carbocycles. The third-order valence-electron chi connectivity index (χ3n) is 3.23. The van der Waals surface area contributed by atoms with Crippen LogP contribution in [0.1, 0.15) is 5.56 Å². The van der Waals surface area contributed by atoms with E-state index >= 15 is 0 Å². The molecule has 3 aromatic rings. The second-order valence-electron chi connectivity index (χ2n) is 4.92. The van der Waals surface area contributed by atoms with Gasteiger partial charge in [0, 0.05) is 5.02 Å². The Morgan fingerprint density at radius 2 is 2.17 bits per heavy atom. The first-order chi connectivity index (χ1) is 11.0. The number of aryl methyl sites for hydroxylation is 1. The first kappa shape index (κ1) is 15.2. The molecule has 2 N–H and O–H groups in total. The summed E-state index contributed by atoms with van der Waals surface area (Å²) in [6, 6.07) is 6.42. The lowest BCUT2D eigenvalue weighted by molar-refractivity contribution is -0.119. The highest BCUT2D eigenvalue weighted by Crippen LogP contribution is 2.32. The average molecular weight is 334 g/mol. The van der Waals surface area contributed by atoms with Gasteiger partial charge >= 0.3 is 0 Å². The van der Waals surface area contributed by atoms with Gasteiger partial charge in [-0.1, -0.05) is 11.6 Å². The number of carbonyl (C=O) groups excluding carboxylic acids is 1. The summed E-state index contributed by atoms with van der Waals surface area (Å²) in [6.45, 7) is 1.34. The molecule has 0 atom stereocenters. The van der Waals surface area contributed by atoms with E-state index in [-0.39, 0.29) is 16.9 Å². The summed E-state index contributed by atoms with van der Waals surface area (Å²) in [7, 11) is 0. The lowest BCUT2D eigenvalue weighted by Gasteiger charge is -2.10. The molecule has 2 aromatic heterocycles. The summed E-state index contributed by atoms with van der Waals surface area (Å²) in [5.41, 5.74) is 5.72. The minimum atomic E-state index is -0.711. The summed E-state index contributed by atoms with van der Waals surface area (Å²) >= 11 is 6.06. The van der Waals surface area contributed by atoms with Gasteiger partial charge in [-0.15, -0.1) is 0 Å². The molecular weight excluding hydrogens is 322 g/mol. The number of carbonyl (C=O) groups is 1. The van der Waals surface area contributed by atoms with Crippen LogP contribution >= 0.6 is 11.6 Å². The number of primary amides is 1. The fourth-order valence-corrected chi connectivity index (χ4v) is 2.31. The topological polar surface area (TPSA) is 95.7 Å². The smallest absolute Gasteiger partial charge is 0.255 e. The van der Waals surface area contributed by atoms with Gasteiger partial charge < -0.3 is 19.3 Å². The molecule has 0 unspecified atom stereocenters. The van der Waals surface area contributed by atoms with Crippen molar-refractivity contribution in [3.63, 3.8) is 0 Å². The predicted octanol–water partition coefficient (Wildman–Crippen LogP) is 2.88. The van der Waals surface area contributed by atoms with Gasteiger partial charge in [-0.25, -0.2) is 0 Å². The summed E-state index contributed by atoms with van der Waals surface area (Å²) in [6.07, 6.45) is 1.44. The van der Waals surface area contributed by atoms with Crippen LogP contribution < -0.4 is 15.9 Å². The highest BCUT2D eigenvalue weighted by Gasteiger charge is 2.20. The Hall–Kier alpha value is -2.73. The summed E-state index contributed by atoms with van der Waals surface area (Å²) in [5.74, 6) is -0.463. The fraction of sp³-hybridized carbons (Fsp3) is 0.125. The van der Waals surface area contributed by atoms with Gasteiger partial charge in [0.05, 0.1) is 11.6 Å². The summed E-state index contributed by atoms with van der Waals surface area (Å²) in [5, 5.41) is 0.673. The van der Waals surface area contributed by atoms with E-state index in [4.69, 9.17) is 30.9 Å². The van der Waals surface area contributed by atoms with Crippen molar-refractivity contribution in [1.29, 1.82) is 0 Å². The van der Waals surface area contributed by atoms with E-state index in [0.29, 0.717) is 16.4 Å². The van der Waals surface area contributed by atoms with Crippen molar-refractivity contribution in [3.8, 4) is 17.3 Å². The molecule has 7 heteroatoms. The van der Waals surface area contributed by atoms with Crippen LogP contribution in [0.2, 0.25) is 5.02 Å². The van der Waals surface area contributed by atoms with E-state index < -0.39 is 17.9 Å². The molecule has 2 heterocycles. The van der Waals surface area contributed by atoms with Crippen molar-refractivity contribution in [3.05, 3.63) is 51.3 Å². The van der Waals surface area contributed by atoms with Crippen LogP contribution in [-0.2, 0) is 4.79 Å². The molecule has 0 fully saturated rings. The first-order valence-electron chi connectivity index (χ1n) is 6.69. The monoisotopic (exact) mass is 333 g/mol. The van der Waals surface area contributed by atoms with Crippen molar-refractivity contribution in [2.75, 3.05) is 6.61 Å². The number of hydrogen-bond acceptors (Lipinski definition) is 5. The average Bonchev–Trinajstić information content (AvgIpc) is 3.02. The Bertz CT molecular complexity index is 943. The number of halogens is 1. The van der Waals surface area contributed by atoms with Crippen LogP contribution in [0.3, 0.4) is 0 Å². The molecular formula is C16H12ClNO5. The molecule has 118 valence electrons. The lowest BCUT2D eigenvalue weighted by Crippen LogP contribution is -2.22. The third-order valence-corrected chi connectivity index (χ3v) is 3.64. The van der Waals surface area contributed by atoms with Gasteiger partial charge in [-0.2, -0.15) is 0 Å². The van der Waals surface area contributed by atoms with E-state index in [2.05, 4.69) is 0 Å². The molecule has 0 aliphatic heterocycles. The van der Waals surface area contributed by atoms with Crippen LogP contribution in [-0.4, -0.2) is 12.5 Å². The Balaban J connectivity index is 2.30. The molecule has 0 aliphatic rings. The maximum absolute atomic E-state index is 12.7. The van der Waals surface area contributed by atoms with Crippen LogP contribution in [0.4, 0.5) is 0 Å². The van der Waals surface area contributed by atoms with Gasteiger partial charge in [0.1, 0.15) is 5.58 Å². The van der Waals surface area contributed by atoms with Crippen LogP contribution in [0.5, 0.6) is 5.75 Å². The number of nitrogens with two attached hydrogens (primary N) is 1. The van der Waals surface area contributed by atoms with Gasteiger partial charge in [0.25, 0.3) is 5.91 Å². The molecule has 6 nitrogen and oxygen atoms in total. The zero-order valence-electron chi connectivity index (χ0n) is 12.1. The molecule has 0 bridgehead atoms. The normalized spacial score (nSPS) is 10.9. The second-order valence-corrected chi connectivity index (χ2v) is 5.33. The molecule has 1 aromatic carbocycles. The van der Waals surface area contributed by atoms with Gasteiger partial charge in [0.2, 0.25) is 16.9 Å². The SMILES string of the molecule is Cc1cc2oc(-c3ccco3)c(OCC(N)=O)c(=O)c2cc1Cl. The maximum atomic E-state index is 12.7. The standard InChI is InChI=1S/C16H12ClNO5/c1-8-5-12-9(6-10(8)17)14(20)16(22-7-13(18)19)15(23-12)11-3-2-4-21-11/h2-6H,7H2,1H3,(H2,18,19). The van der Waals surface area contributed by atoms with E-state index in [1.54, 1.807) is 25.1 Å². The minimum Gasteiger partial charge on any atom is -0.476 e. The highest BCUT2D eigenvalue weighted by molar-refractivity contribution is 6.32. The second kappa shape index (κ2) is 5.81. The van der Waals surface area contributed by atoms with Crippen LogP contribution in [0.25, 0.3) is 22.5 Å². The number of hydrogen-bond donors (Lipinski definition) is 1. The molecule has 0 radical (unpaired) electrons. The molecule has 1 amide bonds. The molecule has 23 heavy (non-hydrogen) atoms. The number of rotatable bonds is 4. The minimum absolute atomic E-state index is 0.0930. The van der Waals surface area contributed by atoms with E-state index in [1.807, 2.05) is 0 Å². The summed E-state index contributed by atoms with van der Waals surface area (Å²) in [4.78, 5) is 23.6. The number of benzene rings is 1. The van der Waals surface area contributed by atoms with Gasteiger partial charge in [-0.3, -0.25) is 9.59 Å². The Labute approximate surface area is 135 Å². The van der Waals surface area contributed by atoms with E-state index in [1.165, 1.54) is 12.3 Å². The van der Waals surface area contributed by atoms with Crippen LogP contribution in [0.15, 0.2) is 44.2 Å². The Morgan fingerprint density at radius 3 is 2.83 bits per heavy atom. The van der Waals surface area contributed by atoms with Crippen molar-refractivity contribution >= 4 is 28.5 Å². The third kappa shape index (κ3) is 2.80. The zero-order valence-corrected chi connectivity index (χ0v) is 12.8. The largest absolute Gasteiger partial charge is 0.476 e. The van der Waals surface area contributed by atoms with Crippen molar-refractivity contribution in [2.45, 2.75) is 6.92 Å². The predicted molar refractivity (Wildman–Crippen MR) is 84.6 cm³/mol. The maximum Gasteiger partial charge on any atom is 0.255 e.